The Balaban J connectivity index is 1.70. The van der Waals surface area contributed by atoms with Crippen LogP contribution in [0.4, 0.5) is 4.79 Å². The Morgan fingerprint density at radius 2 is 1.97 bits per heavy atom. The number of hydrogen-bond donors (Lipinski definition) is 2. The maximum atomic E-state index is 12.9. The summed E-state index contributed by atoms with van der Waals surface area (Å²) in [5.41, 5.74) is 0.708. The molecule has 0 radical (unpaired) electrons. The predicted octanol–water partition coefficient (Wildman–Crippen LogP) is 1.97. The van der Waals surface area contributed by atoms with Crippen molar-refractivity contribution in [1.82, 2.24) is 15.5 Å². The van der Waals surface area contributed by atoms with Crippen LogP contribution in [-0.4, -0.2) is 62.2 Å². The van der Waals surface area contributed by atoms with Crippen LogP contribution in [0.3, 0.4) is 0 Å². The fourth-order valence-electron chi connectivity index (χ4n) is 4.10. The summed E-state index contributed by atoms with van der Waals surface area (Å²) in [6, 6.07) is 6.75. The van der Waals surface area contributed by atoms with E-state index in [1.54, 1.807) is 7.11 Å². The molecule has 0 spiro atoms. The number of ether oxygens (including phenoxy) is 2. The van der Waals surface area contributed by atoms with Gasteiger partial charge in [-0.15, -0.1) is 0 Å². The standard InChI is InChI=1S/C22H31N3O5/c1-3-12-23-19(26)9-8-18-20(27)25(21(28)24-18)15-22(10-13-30-14-11-22)16-4-6-17(29-2)7-5-16/h4-7,18H,3,8-15H2,1-2H3,(H,23,26)(H,24,28). The molecule has 2 heterocycles. The molecule has 3 rings (SSSR count). The maximum Gasteiger partial charge on any atom is 0.324 e. The molecule has 2 saturated heterocycles. The quantitative estimate of drug-likeness (QED) is 0.599. The Kier molecular flexibility index (Phi) is 7.31. The second kappa shape index (κ2) is 9.93. The lowest BCUT2D eigenvalue weighted by molar-refractivity contribution is -0.129. The van der Waals surface area contributed by atoms with Gasteiger partial charge in [-0.25, -0.2) is 4.79 Å². The van der Waals surface area contributed by atoms with Crippen LogP contribution in [0.15, 0.2) is 24.3 Å². The van der Waals surface area contributed by atoms with Crippen LogP contribution in [0.25, 0.3) is 0 Å². The summed E-state index contributed by atoms with van der Waals surface area (Å²) in [5.74, 6) is 0.400. The highest BCUT2D eigenvalue weighted by molar-refractivity contribution is 6.04. The minimum atomic E-state index is -0.655. The van der Waals surface area contributed by atoms with E-state index < -0.39 is 12.1 Å². The van der Waals surface area contributed by atoms with Gasteiger partial charge in [-0.2, -0.15) is 0 Å². The summed E-state index contributed by atoms with van der Waals surface area (Å²) in [6.45, 7) is 4.05. The highest BCUT2D eigenvalue weighted by Crippen LogP contribution is 2.37. The van der Waals surface area contributed by atoms with Crippen molar-refractivity contribution in [1.29, 1.82) is 0 Å². The molecule has 1 unspecified atom stereocenters. The first kappa shape index (κ1) is 22.1. The SMILES string of the molecule is CCCNC(=O)CCC1NC(=O)N(CC2(c3ccc(OC)cc3)CCOCC2)C1=O. The number of hydrogen-bond acceptors (Lipinski definition) is 5. The number of methoxy groups -OCH3 is 1. The number of amides is 4. The summed E-state index contributed by atoms with van der Waals surface area (Å²) in [6.07, 6.45) is 2.81. The third-order valence-corrected chi connectivity index (χ3v) is 5.95. The molecule has 0 bridgehead atoms. The summed E-state index contributed by atoms with van der Waals surface area (Å²) in [4.78, 5) is 38.7. The van der Waals surface area contributed by atoms with E-state index in [2.05, 4.69) is 10.6 Å². The molecule has 0 saturated carbocycles. The number of benzene rings is 1. The van der Waals surface area contributed by atoms with E-state index >= 15 is 0 Å². The van der Waals surface area contributed by atoms with Gasteiger partial charge in [0.2, 0.25) is 5.91 Å². The molecule has 2 N–H and O–H groups in total. The second-order valence-electron chi connectivity index (χ2n) is 7.94. The number of carbonyl (C=O) groups excluding carboxylic acids is 3. The maximum absolute atomic E-state index is 12.9. The first-order valence-corrected chi connectivity index (χ1v) is 10.6. The largest absolute Gasteiger partial charge is 0.497 e. The van der Waals surface area contributed by atoms with Crippen LogP contribution in [0.1, 0.15) is 44.6 Å². The number of nitrogens with one attached hydrogen (secondary N) is 2. The third-order valence-electron chi connectivity index (χ3n) is 5.95. The highest BCUT2D eigenvalue weighted by Gasteiger charge is 2.44. The van der Waals surface area contributed by atoms with Crippen molar-refractivity contribution in [3.63, 3.8) is 0 Å². The van der Waals surface area contributed by atoms with Gasteiger partial charge in [-0.05, 0) is 43.4 Å². The predicted molar refractivity (Wildman–Crippen MR) is 111 cm³/mol. The van der Waals surface area contributed by atoms with Gasteiger partial charge in [0.25, 0.3) is 5.91 Å². The van der Waals surface area contributed by atoms with E-state index in [1.165, 1.54) is 4.90 Å². The molecule has 4 amide bonds. The Bertz CT molecular complexity index is 759. The Morgan fingerprint density at radius 1 is 1.27 bits per heavy atom. The van der Waals surface area contributed by atoms with Crippen molar-refractivity contribution in [3.8, 4) is 5.75 Å². The molecule has 2 fully saturated rings. The van der Waals surface area contributed by atoms with Gasteiger partial charge in [0, 0.05) is 38.1 Å². The Labute approximate surface area is 177 Å². The molecule has 30 heavy (non-hydrogen) atoms. The molecule has 8 heteroatoms. The average molecular weight is 418 g/mol. The van der Waals surface area contributed by atoms with Crippen molar-refractivity contribution >= 4 is 17.8 Å². The highest BCUT2D eigenvalue weighted by atomic mass is 16.5. The molecule has 164 valence electrons. The topological polar surface area (TPSA) is 97.0 Å². The number of urea groups is 1. The van der Waals surface area contributed by atoms with Crippen LogP contribution in [0.2, 0.25) is 0 Å². The van der Waals surface area contributed by atoms with Crippen molar-refractivity contribution < 1.29 is 23.9 Å². The lowest BCUT2D eigenvalue weighted by atomic mass is 9.73. The molecule has 8 nitrogen and oxygen atoms in total. The normalized spacial score (nSPS) is 20.7. The van der Waals surface area contributed by atoms with Gasteiger partial charge in [0.15, 0.2) is 0 Å². The summed E-state index contributed by atoms with van der Waals surface area (Å²) >= 11 is 0. The van der Waals surface area contributed by atoms with Crippen molar-refractivity contribution in [3.05, 3.63) is 29.8 Å². The van der Waals surface area contributed by atoms with E-state index in [1.807, 2.05) is 31.2 Å². The third kappa shape index (κ3) is 4.92. The first-order chi connectivity index (χ1) is 14.5. The fourth-order valence-corrected chi connectivity index (χ4v) is 4.10. The molecule has 1 atom stereocenters. The summed E-state index contributed by atoms with van der Waals surface area (Å²) < 4.78 is 10.8. The van der Waals surface area contributed by atoms with E-state index in [-0.39, 0.29) is 23.7 Å². The van der Waals surface area contributed by atoms with Crippen LogP contribution in [-0.2, 0) is 19.7 Å². The number of carbonyl (C=O) groups is 3. The number of nitrogens with zero attached hydrogens (tertiary/aromatic N) is 1. The van der Waals surface area contributed by atoms with Crippen LogP contribution < -0.4 is 15.4 Å². The zero-order valence-corrected chi connectivity index (χ0v) is 17.7. The number of imide groups is 1. The van der Waals surface area contributed by atoms with E-state index in [0.29, 0.717) is 32.7 Å². The molecular formula is C22H31N3O5. The van der Waals surface area contributed by atoms with Crippen molar-refractivity contribution in [2.45, 2.75) is 50.5 Å². The lowest BCUT2D eigenvalue weighted by Gasteiger charge is -2.39. The molecule has 2 aliphatic rings. The Morgan fingerprint density at radius 3 is 2.60 bits per heavy atom. The van der Waals surface area contributed by atoms with Gasteiger partial charge in [-0.1, -0.05) is 19.1 Å². The van der Waals surface area contributed by atoms with Crippen LogP contribution >= 0.6 is 0 Å². The molecule has 1 aromatic carbocycles. The minimum Gasteiger partial charge on any atom is -0.497 e. The van der Waals surface area contributed by atoms with Crippen LogP contribution in [0.5, 0.6) is 5.75 Å². The first-order valence-electron chi connectivity index (χ1n) is 10.6. The Hall–Kier alpha value is -2.61. The van der Waals surface area contributed by atoms with Crippen LogP contribution in [0, 0.1) is 0 Å². The van der Waals surface area contributed by atoms with E-state index in [9.17, 15) is 14.4 Å². The van der Waals surface area contributed by atoms with Gasteiger partial charge in [-0.3, -0.25) is 14.5 Å². The zero-order chi connectivity index (χ0) is 21.6. The van der Waals surface area contributed by atoms with Gasteiger partial charge in [0.05, 0.1) is 7.11 Å². The fraction of sp³-hybridized carbons (Fsp3) is 0.591. The van der Waals surface area contributed by atoms with E-state index in [4.69, 9.17) is 9.47 Å². The van der Waals surface area contributed by atoms with Gasteiger partial charge >= 0.3 is 6.03 Å². The minimum absolute atomic E-state index is 0.100. The monoisotopic (exact) mass is 417 g/mol. The van der Waals surface area contributed by atoms with Crippen molar-refractivity contribution in [2.75, 3.05) is 33.4 Å². The molecule has 1 aromatic rings. The second-order valence-corrected chi connectivity index (χ2v) is 7.94. The smallest absolute Gasteiger partial charge is 0.324 e. The summed E-state index contributed by atoms with van der Waals surface area (Å²) in [7, 11) is 1.62. The lowest BCUT2D eigenvalue weighted by Crippen LogP contribution is -2.47. The molecule has 0 aromatic heterocycles. The average Bonchev–Trinajstić information content (AvgIpc) is 3.04. The summed E-state index contributed by atoms with van der Waals surface area (Å²) in [5, 5.41) is 5.54. The zero-order valence-electron chi connectivity index (χ0n) is 17.7. The molecule has 2 aliphatic heterocycles. The van der Waals surface area contributed by atoms with Gasteiger partial charge < -0.3 is 20.1 Å². The van der Waals surface area contributed by atoms with Crippen molar-refractivity contribution in [2.24, 2.45) is 0 Å². The molecule has 0 aliphatic carbocycles. The van der Waals surface area contributed by atoms with Gasteiger partial charge in [0.1, 0.15) is 11.8 Å². The molecular weight excluding hydrogens is 386 g/mol. The van der Waals surface area contributed by atoms with E-state index in [0.717, 1.165) is 30.6 Å². The number of rotatable bonds is 9.